The highest BCUT2D eigenvalue weighted by atomic mass is 79.9. The maximum Gasteiger partial charge on any atom is 0.255 e. The lowest BCUT2D eigenvalue weighted by Crippen LogP contribution is -2.36. The first-order chi connectivity index (χ1) is 13.1. The van der Waals surface area contributed by atoms with Gasteiger partial charge in [0.25, 0.3) is 5.91 Å². The molecule has 2 amide bonds. The number of benzene rings is 2. The average molecular weight is 431 g/mol. The van der Waals surface area contributed by atoms with Gasteiger partial charge in [0, 0.05) is 17.6 Å². The lowest BCUT2D eigenvalue weighted by Gasteiger charge is -2.27. The minimum atomic E-state index is -0.177. The number of ether oxygens (including phenoxy) is 1. The molecule has 0 atom stereocenters. The second-order valence-electron chi connectivity index (χ2n) is 6.50. The molecule has 1 fully saturated rings. The largest absolute Gasteiger partial charge is 0.493 e. The second-order valence-corrected chi connectivity index (χ2v) is 7.42. The number of hydrogen-bond acceptors (Lipinski definition) is 3. The molecule has 0 saturated carbocycles. The Morgan fingerprint density at radius 1 is 1.04 bits per heavy atom. The van der Waals surface area contributed by atoms with Crippen LogP contribution in [0.3, 0.4) is 0 Å². The van der Waals surface area contributed by atoms with Crippen molar-refractivity contribution in [2.75, 3.05) is 25.0 Å². The number of carbonyl (C=O) groups excluding carboxylic acids is 2. The maximum atomic E-state index is 12.8. The van der Waals surface area contributed by atoms with Gasteiger partial charge >= 0.3 is 0 Å². The zero-order valence-corrected chi connectivity index (χ0v) is 16.7. The number of carbonyl (C=O) groups is 2. The molecular weight excluding hydrogens is 408 g/mol. The number of hydrogen-bond donors (Lipinski definition) is 1. The molecule has 1 heterocycles. The van der Waals surface area contributed by atoms with Crippen LogP contribution >= 0.6 is 15.9 Å². The van der Waals surface area contributed by atoms with E-state index in [2.05, 4.69) is 21.2 Å². The van der Waals surface area contributed by atoms with Crippen LogP contribution in [0.5, 0.6) is 5.75 Å². The van der Waals surface area contributed by atoms with Crippen molar-refractivity contribution in [3.05, 3.63) is 58.6 Å². The molecule has 0 bridgehead atoms. The van der Waals surface area contributed by atoms with Crippen molar-refractivity contribution in [3.8, 4) is 5.75 Å². The van der Waals surface area contributed by atoms with Gasteiger partial charge in [-0.05, 0) is 49.6 Å². The van der Waals surface area contributed by atoms with Gasteiger partial charge in [-0.2, -0.15) is 0 Å². The summed E-state index contributed by atoms with van der Waals surface area (Å²) >= 11 is 3.39. The van der Waals surface area contributed by atoms with Gasteiger partial charge in [0.2, 0.25) is 5.91 Å². The fourth-order valence-electron chi connectivity index (χ4n) is 3.08. The normalized spacial score (nSPS) is 13.9. The predicted octanol–water partition coefficient (Wildman–Crippen LogP) is 4.48. The van der Waals surface area contributed by atoms with Gasteiger partial charge in [-0.3, -0.25) is 9.59 Å². The van der Waals surface area contributed by atoms with Crippen molar-refractivity contribution < 1.29 is 14.3 Å². The number of halogens is 1. The van der Waals surface area contributed by atoms with Crippen LogP contribution < -0.4 is 10.1 Å². The average Bonchev–Trinajstić information content (AvgIpc) is 2.69. The van der Waals surface area contributed by atoms with E-state index in [1.807, 2.05) is 41.3 Å². The van der Waals surface area contributed by atoms with E-state index in [0.717, 1.165) is 30.4 Å². The van der Waals surface area contributed by atoms with E-state index in [-0.39, 0.29) is 24.8 Å². The molecule has 142 valence electrons. The molecule has 1 aliphatic heterocycles. The highest BCUT2D eigenvalue weighted by Crippen LogP contribution is 2.21. The molecule has 1 N–H and O–H groups in total. The Morgan fingerprint density at radius 2 is 1.81 bits per heavy atom. The third-order valence-electron chi connectivity index (χ3n) is 4.47. The Balaban J connectivity index is 1.56. The van der Waals surface area contributed by atoms with Crippen LogP contribution in [0.4, 0.5) is 5.69 Å². The van der Waals surface area contributed by atoms with Crippen LogP contribution in [0.15, 0.2) is 53.0 Å². The van der Waals surface area contributed by atoms with Gasteiger partial charge in [0.15, 0.2) is 0 Å². The van der Waals surface area contributed by atoms with Crippen molar-refractivity contribution in [1.29, 1.82) is 0 Å². The molecule has 0 unspecified atom stereocenters. The van der Waals surface area contributed by atoms with Gasteiger partial charge in [-0.25, -0.2) is 0 Å². The first-order valence-corrected chi connectivity index (χ1v) is 9.99. The third-order valence-corrected chi connectivity index (χ3v) is 4.96. The molecule has 1 saturated heterocycles. The Morgan fingerprint density at radius 3 is 2.59 bits per heavy atom. The highest BCUT2D eigenvalue weighted by molar-refractivity contribution is 9.10. The molecule has 0 aromatic heterocycles. The number of nitrogens with zero attached hydrogens (tertiary/aromatic N) is 1. The summed E-state index contributed by atoms with van der Waals surface area (Å²) in [4.78, 5) is 26.9. The molecule has 2 aromatic carbocycles. The summed E-state index contributed by atoms with van der Waals surface area (Å²) in [6, 6.07) is 14.7. The number of likely N-dealkylation sites (tertiary alicyclic amines) is 1. The number of amides is 2. The molecule has 5 nitrogen and oxygen atoms in total. The molecule has 2 aromatic rings. The summed E-state index contributed by atoms with van der Waals surface area (Å²) in [5, 5.41) is 2.85. The third kappa shape index (κ3) is 5.57. The highest BCUT2D eigenvalue weighted by Gasteiger charge is 2.21. The zero-order valence-electron chi connectivity index (χ0n) is 15.1. The quantitative estimate of drug-likeness (QED) is 0.734. The van der Waals surface area contributed by atoms with Gasteiger partial charge in [-0.1, -0.05) is 34.1 Å². The summed E-state index contributed by atoms with van der Waals surface area (Å²) in [6.07, 6.45) is 3.44. The number of piperidine rings is 1. The lowest BCUT2D eigenvalue weighted by molar-refractivity contribution is -0.116. The van der Waals surface area contributed by atoms with Crippen LogP contribution in [-0.4, -0.2) is 36.4 Å². The van der Waals surface area contributed by atoms with Crippen molar-refractivity contribution in [2.24, 2.45) is 0 Å². The maximum absolute atomic E-state index is 12.8. The van der Waals surface area contributed by atoms with Crippen molar-refractivity contribution >= 4 is 33.4 Å². The van der Waals surface area contributed by atoms with E-state index >= 15 is 0 Å². The standard InChI is InChI=1S/C21H23BrN2O3/c22-16-7-6-8-17(15-16)27-14-11-20(25)23-19-10-3-2-9-18(19)21(26)24-12-4-1-5-13-24/h2-3,6-10,15H,1,4-5,11-14H2,(H,23,25). The predicted molar refractivity (Wildman–Crippen MR) is 109 cm³/mol. The first kappa shape index (κ1) is 19.4. The Hall–Kier alpha value is -2.34. The number of nitrogens with one attached hydrogen (secondary N) is 1. The fourth-order valence-corrected chi connectivity index (χ4v) is 3.46. The molecule has 3 rings (SSSR count). The van der Waals surface area contributed by atoms with Gasteiger partial charge < -0.3 is 15.0 Å². The van der Waals surface area contributed by atoms with E-state index < -0.39 is 0 Å². The molecule has 27 heavy (non-hydrogen) atoms. The molecule has 0 radical (unpaired) electrons. The second kappa shape index (κ2) is 9.55. The molecule has 0 spiro atoms. The van der Waals surface area contributed by atoms with Crippen LogP contribution in [0.2, 0.25) is 0 Å². The van der Waals surface area contributed by atoms with E-state index in [1.54, 1.807) is 12.1 Å². The van der Waals surface area contributed by atoms with Gasteiger partial charge in [0.1, 0.15) is 5.75 Å². The minimum absolute atomic E-state index is 0.0176. The van der Waals surface area contributed by atoms with Crippen LogP contribution in [0.1, 0.15) is 36.0 Å². The number of rotatable bonds is 6. The summed E-state index contributed by atoms with van der Waals surface area (Å²) in [7, 11) is 0. The summed E-state index contributed by atoms with van der Waals surface area (Å²) in [5.41, 5.74) is 1.10. The number of anilines is 1. The van der Waals surface area contributed by atoms with Crippen molar-refractivity contribution in [1.82, 2.24) is 4.90 Å². The SMILES string of the molecule is O=C(CCOc1cccc(Br)c1)Nc1ccccc1C(=O)N1CCCCC1. The monoisotopic (exact) mass is 430 g/mol. The topological polar surface area (TPSA) is 58.6 Å². The van der Waals surface area contributed by atoms with E-state index in [1.165, 1.54) is 6.42 Å². The summed E-state index contributed by atoms with van der Waals surface area (Å²) in [5.74, 6) is 0.512. The van der Waals surface area contributed by atoms with E-state index in [4.69, 9.17) is 4.74 Å². The van der Waals surface area contributed by atoms with Crippen LogP contribution in [0, 0.1) is 0 Å². The van der Waals surface area contributed by atoms with Gasteiger partial charge in [0.05, 0.1) is 24.3 Å². The molecule has 0 aliphatic carbocycles. The molecular formula is C21H23BrN2O3. The summed E-state index contributed by atoms with van der Waals surface area (Å²) < 4.78 is 6.53. The zero-order chi connectivity index (χ0) is 19.1. The lowest BCUT2D eigenvalue weighted by atomic mass is 10.1. The van der Waals surface area contributed by atoms with Crippen molar-refractivity contribution in [3.63, 3.8) is 0 Å². The molecule has 6 heteroatoms. The Kier molecular flexibility index (Phi) is 6.87. The first-order valence-electron chi connectivity index (χ1n) is 9.20. The van der Waals surface area contributed by atoms with Crippen LogP contribution in [0.25, 0.3) is 0 Å². The molecule has 1 aliphatic rings. The number of para-hydroxylation sites is 1. The van der Waals surface area contributed by atoms with E-state index in [0.29, 0.717) is 17.0 Å². The Labute approximate surface area is 167 Å². The Bertz CT molecular complexity index is 804. The minimum Gasteiger partial charge on any atom is -0.493 e. The van der Waals surface area contributed by atoms with E-state index in [9.17, 15) is 9.59 Å². The smallest absolute Gasteiger partial charge is 0.255 e. The van der Waals surface area contributed by atoms with Gasteiger partial charge in [-0.15, -0.1) is 0 Å². The van der Waals surface area contributed by atoms with Crippen LogP contribution in [-0.2, 0) is 4.79 Å². The fraction of sp³-hybridized carbons (Fsp3) is 0.333. The summed E-state index contributed by atoms with van der Waals surface area (Å²) in [6.45, 7) is 1.83. The van der Waals surface area contributed by atoms with Crippen molar-refractivity contribution in [2.45, 2.75) is 25.7 Å².